The fourth-order valence-electron chi connectivity index (χ4n) is 3.12. The summed E-state index contributed by atoms with van der Waals surface area (Å²) in [6.07, 6.45) is 1.64. The summed E-state index contributed by atoms with van der Waals surface area (Å²) >= 11 is 0. The molecular weight excluding hydrogens is 336 g/mol. The lowest BCUT2D eigenvalue weighted by atomic mass is 10.1. The third kappa shape index (κ3) is 3.44. The third-order valence-corrected chi connectivity index (χ3v) is 4.60. The second-order valence-electron chi connectivity index (χ2n) is 6.61. The second-order valence-corrected chi connectivity index (χ2v) is 6.61. The van der Waals surface area contributed by atoms with Gasteiger partial charge in [-0.05, 0) is 36.3 Å². The highest BCUT2D eigenvalue weighted by molar-refractivity contribution is 6.41. The Kier molecular flexibility index (Phi) is 4.43. The van der Waals surface area contributed by atoms with Gasteiger partial charge in [0.15, 0.2) is 11.6 Å². The van der Waals surface area contributed by atoms with Crippen LogP contribution in [0.5, 0.6) is 5.75 Å². The van der Waals surface area contributed by atoms with Crippen LogP contribution in [-0.4, -0.2) is 11.6 Å². The van der Waals surface area contributed by atoms with E-state index in [1.807, 2.05) is 43.3 Å². The molecule has 0 saturated carbocycles. The lowest BCUT2D eigenvalue weighted by molar-refractivity contribution is 0.0990. The Labute approximate surface area is 157 Å². The molecule has 0 aliphatic heterocycles. The van der Waals surface area contributed by atoms with Crippen molar-refractivity contribution in [2.24, 2.45) is 0 Å². The van der Waals surface area contributed by atoms with E-state index in [9.17, 15) is 9.59 Å². The minimum absolute atomic E-state index is 0.201. The number of aryl methyl sites for hydroxylation is 1. The molecule has 3 nitrogen and oxygen atoms in total. The van der Waals surface area contributed by atoms with Gasteiger partial charge in [-0.2, -0.15) is 0 Å². The number of hydrogen-bond donors (Lipinski definition) is 0. The van der Waals surface area contributed by atoms with Crippen LogP contribution in [-0.2, 0) is 6.61 Å². The van der Waals surface area contributed by atoms with E-state index in [0.717, 1.165) is 11.1 Å². The van der Waals surface area contributed by atoms with Gasteiger partial charge in [0.2, 0.25) is 0 Å². The Morgan fingerprint density at radius 3 is 2.15 bits per heavy atom. The zero-order valence-electron chi connectivity index (χ0n) is 14.9. The van der Waals surface area contributed by atoms with Crippen molar-refractivity contribution in [1.29, 1.82) is 0 Å². The minimum atomic E-state index is -0.221. The number of ether oxygens (including phenoxy) is 1. The summed E-state index contributed by atoms with van der Waals surface area (Å²) in [6, 6.07) is 22.5. The van der Waals surface area contributed by atoms with Crippen molar-refractivity contribution in [3.05, 3.63) is 106 Å². The first-order valence-electron chi connectivity index (χ1n) is 8.80. The number of carbonyl (C=O) groups excluding carboxylic acids is 2. The molecule has 1 aliphatic carbocycles. The quantitative estimate of drug-likeness (QED) is 0.487. The first kappa shape index (κ1) is 17.0. The lowest BCUT2D eigenvalue weighted by Gasteiger charge is -2.07. The highest BCUT2D eigenvalue weighted by Crippen LogP contribution is 2.28. The number of allylic oxidation sites excluding steroid dienone is 1. The van der Waals surface area contributed by atoms with Crippen molar-refractivity contribution in [3.8, 4) is 5.75 Å². The van der Waals surface area contributed by atoms with Crippen LogP contribution >= 0.6 is 0 Å². The van der Waals surface area contributed by atoms with Crippen molar-refractivity contribution < 1.29 is 14.3 Å². The maximum absolute atomic E-state index is 12.5. The number of ketones is 2. The van der Waals surface area contributed by atoms with E-state index < -0.39 is 0 Å². The molecule has 0 N–H and O–H groups in total. The van der Waals surface area contributed by atoms with Crippen LogP contribution in [0.2, 0.25) is 0 Å². The molecule has 3 aromatic carbocycles. The minimum Gasteiger partial charge on any atom is -0.489 e. The molecule has 0 unspecified atom stereocenters. The molecule has 0 radical (unpaired) electrons. The van der Waals surface area contributed by atoms with Gasteiger partial charge in [0, 0.05) is 11.1 Å². The van der Waals surface area contributed by atoms with Crippen LogP contribution in [0.3, 0.4) is 0 Å². The van der Waals surface area contributed by atoms with Crippen molar-refractivity contribution in [1.82, 2.24) is 0 Å². The van der Waals surface area contributed by atoms with Crippen LogP contribution in [0.1, 0.15) is 37.4 Å². The normalized spacial score (nSPS) is 12.9. The number of hydrogen-bond acceptors (Lipinski definition) is 3. The first-order valence-corrected chi connectivity index (χ1v) is 8.80. The molecule has 27 heavy (non-hydrogen) atoms. The molecule has 3 heteroatoms. The van der Waals surface area contributed by atoms with E-state index >= 15 is 0 Å². The summed E-state index contributed by atoms with van der Waals surface area (Å²) < 4.78 is 5.85. The predicted octanol–water partition coefficient (Wildman–Crippen LogP) is 5.04. The highest BCUT2D eigenvalue weighted by atomic mass is 16.5. The van der Waals surface area contributed by atoms with E-state index in [4.69, 9.17) is 4.74 Å². The average Bonchev–Trinajstić information content (AvgIpc) is 2.93. The zero-order chi connectivity index (χ0) is 18.8. The van der Waals surface area contributed by atoms with Crippen LogP contribution in [0.15, 0.2) is 78.4 Å². The van der Waals surface area contributed by atoms with Crippen molar-refractivity contribution in [2.45, 2.75) is 13.5 Å². The van der Waals surface area contributed by atoms with Gasteiger partial charge in [-0.3, -0.25) is 9.59 Å². The maximum Gasteiger partial charge on any atom is 0.197 e. The number of Topliss-reactive ketones (excluding diaryl/α,β-unsaturated/α-hetero) is 2. The topological polar surface area (TPSA) is 43.4 Å². The maximum atomic E-state index is 12.5. The van der Waals surface area contributed by atoms with Gasteiger partial charge >= 0.3 is 0 Å². The van der Waals surface area contributed by atoms with Crippen LogP contribution in [0.25, 0.3) is 6.08 Å². The average molecular weight is 354 g/mol. The molecule has 0 spiro atoms. The van der Waals surface area contributed by atoms with Gasteiger partial charge in [-0.15, -0.1) is 0 Å². The fraction of sp³-hybridized carbons (Fsp3) is 0.0833. The van der Waals surface area contributed by atoms with Gasteiger partial charge in [-0.25, -0.2) is 0 Å². The molecule has 0 bridgehead atoms. The molecule has 4 rings (SSSR count). The van der Waals surface area contributed by atoms with Gasteiger partial charge in [0.25, 0.3) is 0 Å². The molecule has 0 heterocycles. The summed E-state index contributed by atoms with van der Waals surface area (Å²) in [5, 5.41) is 0. The monoisotopic (exact) mass is 354 g/mol. The van der Waals surface area contributed by atoms with Crippen LogP contribution < -0.4 is 4.74 Å². The molecule has 0 fully saturated rings. The summed E-state index contributed by atoms with van der Waals surface area (Å²) in [7, 11) is 0. The molecule has 0 atom stereocenters. The number of carbonyl (C=O) groups is 2. The van der Waals surface area contributed by atoms with E-state index in [2.05, 4.69) is 12.1 Å². The van der Waals surface area contributed by atoms with Gasteiger partial charge in [0.05, 0.1) is 5.57 Å². The standard InChI is InChI=1S/C24H18O3/c1-16-9-11-17(12-10-16)15-27-19-6-4-5-18(13-19)14-22-23(25)20-7-2-3-8-21(20)24(22)26/h2-14H,15H2,1H3. The highest BCUT2D eigenvalue weighted by Gasteiger charge is 2.32. The number of rotatable bonds is 4. The van der Waals surface area contributed by atoms with Gasteiger partial charge in [0.1, 0.15) is 12.4 Å². The Hall–Kier alpha value is -3.46. The predicted molar refractivity (Wildman–Crippen MR) is 105 cm³/mol. The Bertz CT molecular complexity index is 1020. The van der Waals surface area contributed by atoms with Crippen molar-refractivity contribution in [2.75, 3.05) is 0 Å². The smallest absolute Gasteiger partial charge is 0.197 e. The van der Waals surface area contributed by atoms with E-state index in [1.54, 1.807) is 30.3 Å². The number of benzene rings is 3. The molecule has 132 valence electrons. The molecule has 0 aromatic heterocycles. The molecule has 0 saturated heterocycles. The zero-order valence-corrected chi connectivity index (χ0v) is 14.9. The molecule has 3 aromatic rings. The Morgan fingerprint density at radius 1 is 0.815 bits per heavy atom. The fourth-order valence-corrected chi connectivity index (χ4v) is 3.12. The van der Waals surface area contributed by atoms with Gasteiger partial charge < -0.3 is 4.74 Å². The van der Waals surface area contributed by atoms with Crippen LogP contribution in [0.4, 0.5) is 0 Å². The summed E-state index contributed by atoms with van der Waals surface area (Å²) in [5.41, 5.74) is 4.20. The van der Waals surface area contributed by atoms with E-state index in [1.165, 1.54) is 5.56 Å². The molecular formula is C24H18O3. The second kappa shape index (κ2) is 7.04. The largest absolute Gasteiger partial charge is 0.489 e. The van der Waals surface area contributed by atoms with E-state index in [-0.39, 0.29) is 17.1 Å². The molecule has 0 amide bonds. The SMILES string of the molecule is Cc1ccc(COc2cccc(C=C3C(=O)c4ccccc4C3=O)c2)cc1. The Balaban J connectivity index is 1.55. The lowest BCUT2D eigenvalue weighted by Crippen LogP contribution is -2.00. The summed E-state index contributed by atoms with van der Waals surface area (Å²) in [4.78, 5) is 25.0. The summed E-state index contributed by atoms with van der Waals surface area (Å²) in [5.74, 6) is 0.253. The van der Waals surface area contributed by atoms with Crippen LogP contribution in [0, 0.1) is 6.92 Å². The Morgan fingerprint density at radius 2 is 1.48 bits per heavy atom. The van der Waals surface area contributed by atoms with E-state index in [0.29, 0.717) is 23.5 Å². The van der Waals surface area contributed by atoms with Gasteiger partial charge in [-0.1, -0.05) is 66.2 Å². The first-order chi connectivity index (χ1) is 13.1. The number of fused-ring (bicyclic) bond motifs is 1. The molecule has 1 aliphatic rings. The van der Waals surface area contributed by atoms with Crippen molar-refractivity contribution >= 4 is 17.6 Å². The summed E-state index contributed by atoms with van der Waals surface area (Å²) in [6.45, 7) is 2.51. The third-order valence-electron chi connectivity index (χ3n) is 4.60. The van der Waals surface area contributed by atoms with Crippen molar-refractivity contribution in [3.63, 3.8) is 0 Å².